The minimum absolute atomic E-state index is 0.262. The van der Waals surface area contributed by atoms with Crippen molar-refractivity contribution >= 4 is 15.8 Å². The van der Waals surface area contributed by atoms with Gasteiger partial charge in [-0.15, -0.1) is 0 Å². The summed E-state index contributed by atoms with van der Waals surface area (Å²) in [7, 11) is -0.558. The molecule has 0 atom stereocenters. The van der Waals surface area contributed by atoms with Crippen molar-refractivity contribution in [2.45, 2.75) is 130 Å². The van der Waals surface area contributed by atoms with Gasteiger partial charge < -0.3 is 4.74 Å². The van der Waals surface area contributed by atoms with Crippen LogP contribution < -0.4 is 4.74 Å². The summed E-state index contributed by atoms with van der Waals surface area (Å²) in [6.45, 7) is 31.4. The third-order valence-electron chi connectivity index (χ3n) is 6.31. The van der Waals surface area contributed by atoms with Gasteiger partial charge in [0.1, 0.15) is 12.4 Å². The second-order valence-electron chi connectivity index (χ2n) is 13.9. The Bertz CT molecular complexity index is 874. The van der Waals surface area contributed by atoms with Crippen LogP contribution in [0.5, 0.6) is 5.75 Å². The summed E-state index contributed by atoms with van der Waals surface area (Å²) in [5, 5.41) is 1.05. The standard InChI is InChI=1S/C31H51NOP2/c1-23-14-16-24(17-15-23)20-33-27-18-25(21-34(28(2,3)4)29(5,6)7)32-26(19-27)22-35(30(8,9)10)31(11,12)13/h14-19H,20-22H2,1-13H3. The maximum atomic E-state index is 6.39. The molecule has 1 heterocycles. The van der Waals surface area contributed by atoms with Crippen LogP contribution in [0.1, 0.15) is 106 Å². The molecule has 0 amide bonds. The van der Waals surface area contributed by atoms with E-state index in [1.54, 1.807) is 0 Å². The first-order valence-electron chi connectivity index (χ1n) is 13.0. The number of ether oxygens (including phenoxy) is 1. The first kappa shape index (κ1) is 30.3. The molecule has 196 valence electrons. The van der Waals surface area contributed by atoms with E-state index in [-0.39, 0.29) is 36.5 Å². The first-order valence-corrected chi connectivity index (χ1v) is 16.1. The molecule has 0 bridgehead atoms. The fourth-order valence-electron chi connectivity index (χ4n) is 5.00. The second-order valence-corrected chi connectivity index (χ2v) is 21.6. The molecule has 0 N–H and O–H groups in total. The number of pyridine rings is 1. The molecule has 1 aromatic carbocycles. The molecule has 0 aliphatic rings. The molecule has 0 saturated heterocycles. The molecule has 0 saturated carbocycles. The number of rotatable bonds is 7. The van der Waals surface area contributed by atoms with Gasteiger partial charge in [0.05, 0.1) is 0 Å². The Morgan fingerprint density at radius 2 is 1.00 bits per heavy atom. The molecule has 2 rings (SSSR count). The maximum absolute atomic E-state index is 6.39. The lowest BCUT2D eigenvalue weighted by atomic mass is 10.2. The number of hydrogen-bond acceptors (Lipinski definition) is 2. The van der Waals surface area contributed by atoms with Gasteiger partial charge in [-0.3, -0.25) is 4.98 Å². The van der Waals surface area contributed by atoms with Gasteiger partial charge in [0.2, 0.25) is 0 Å². The van der Waals surface area contributed by atoms with E-state index in [1.165, 1.54) is 22.5 Å². The summed E-state index contributed by atoms with van der Waals surface area (Å²) in [5.74, 6) is 0.959. The number of benzene rings is 1. The topological polar surface area (TPSA) is 22.1 Å². The predicted molar refractivity (Wildman–Crippen MR) is 160 cm³/mol. The zero-order valence-electron chi connectivity index (χ0n) is 24.8. The Morgan fingerprint density at radius 3 is 1.34 bits per heavy atom. The molecule has 0 unspecified atom stereocenters. The van der Waals surface area contributed by atoms with Gasteiger partial charge >= 0.3 is 0 Å². The van der Waals surface area contributed by atoms with E-state index in [0.717, 1.165) is 18.1 Å². The number of aryl methyl sites for hydroxylation is 1. The van der Waals surface area contributed by atoms with Gasteiger partial charge in [-0.05, 0) is 33.1 Å². The lowest BCUT2D eigenvalue weighted by Gasteiger charge is -2.42. The summed E-state index contributed by atoms with van der Waals surface area (Å²) >= 11 is 0. The Balaban J connectivity index is 2.46. The van der Waals surface area contributed by atoms with Crippen LogP contribution in [-0.2, 0) is 18.9 Å². The largest absolute Gasteiger partial charge is 0.489 e. The second kappa shape index (κ2) is 11.2. The third kappa shape index (κ3) is 9.44. The van der Waals surface area contributed by atoms with Crippen molar-refractivity contribution in [3.63, 3.8) is 0 Å². The molecular weight excluding hydrogens is 464 g/mol. The predicted octanol–water partition coefficient (Wildman–Crippen LogP) is 10.1. The molecule has 0 spiro atoms. The summed E-state index contributed by atoms with van der Waals surface area (Å²) < 4.78 is 6.39. The van der Waals surface area contributed by atoms with Gasteiger partial charge in [-0.25, -0.2) is 0 Å². The van der Waals surface area contributed by atoms with Crippen LogP contribution in [0, 0.1) is 6.92 Å². The fourth-order valence-corrected chi connectivity index (χ4v) is 11.9. The SMILES string of the molecule is Cc1ccc(COc2cc(CP(C(C)(C)C)C(C)(C)C)nc(CP(C(C)(C)C)C(C)(C)C)c2)cc1. The smallest absolute Gasteiger partial charge is 0.123 e. The molecule has 1 aromatic heterocycles. The van der Waals surface area contributed by atoms with Crippen LogP contribution in [0.2, 0.25) is 0 Å². The number of aromatic nitrogens is 1. The van der Waals surface area contributed by atoms with Crippen LogP contribution in [0.25, 0.3) is 0 Å². The van der Waals surface area contributed by atoms with E-state index in [4.69, 9.17) is 9.72 Å². The van der Waals surface area contributed by atoms with E-state index >= 15 is 0 Å². The lowest BCUT2D eigenvalue weighted by molar-refractivity contribution is 0.305. The lowest BCUT2D eigenvalue weighted by Crippen LogP contribution is -2.27. The molecule has 0 aliphatic heterocycles. The Hall–Kier alpha value is -0.970. The normalized spacial score (nSPS) is 13.6. The minimum Gasteiger partial charge on any atom is -0.489 e. The molecule has 2 nitrogen and oxygen atoms in total. The highest BCUT2D eigenvalue weighted by molar-refractivity contribution is 7.60. The summed E-state index contributed by atoms with van der Waals surface area (Å²) in [6.07, 6.45) is 2.06. The Labute approximate surface area is 219 Å². The van der Waals surface area contributed by atoms with Crippen molar-refractivity contribution in [2.75, 3.05) is 0 Å². The molecule has 2 aromatic rings. The van der Waals surface area contributed by atoms with Gasteiger partial charge in [0.15, 0.2) is 0 Å². The van der Waals surface area contributed by atoms with Crippen molar-refractivity contribution in [2.24, 2.45) is 0 Å². The van der Waals surface area contributed by atoms with E-state index < -0.39 is 0 Å². The Morgan fingerprint density at radius 1 is 0.629 bits per heavy atom. The van der Waals surface area contributed by atoms with Gasteiger partial charge in [-0.1, -0.05) is 129 Å². The highest BCUT2D eigenvalue weighted by Gasteiger charge is 2.36. The van der Waals surface area contributed by atoms with Crippen molar-refractivity contribution < 1.29 is 4.74 Å². The maximum Gasteiger partial charge on any atom is 0.123 e. The fraction of sp³-hybridized carbons (Fsp3) is 0.645. The van der Waals surface area contributed by atoms with E-state index in [0.29, 0.717) is 6.61 Å². The quantitative estimate of drug-likeness (QED) is 0.342. The zero-order chi connectivity index (χ0) is 26.8. The van der Waals surface area contributed by atoms with Gasteiger partial charge in [-0.2, -0.15) is 0 Å². The zero-order valence-corrected chi connectivity index (χ0v) is 26.6. The Kier molecular flexibility index (Phi) is 9.67. The van der Waals surface area contributed by atoms with E-state index in [9.17, 15) is 0 Å². The molecule has 0 radical (unpaired) electrons. The third-order valence-corrected chi connectivity index (χ3v) is 14.1. The first-order chi connectivity index (χ1) is 15.8. The van der Waals surface area contributed by atoms with Gasteiger partial charge in [0, 0.05) is 35.8 Å². The summed E-state index contributed by atoms with van der Waals surface area (Å²) in [5.41, 5.74) is 4.86. The highest BCUT2D eigenvalue weighted by Crippen LogP contribution is 2.62. The van der Waals surface area contributed by atoms with Crippen LogP contribution in [0.15, 0.2) is 36.4 Å². The van der Waals surface area contributed by atoms with Crippen LogP contribution in [-0.4, -0.2) is 25.6 Å². The van der Waals surface area contributed by atoms with E-state index in [1.807, 2.05) is 0 Å². The van der Waals surface area contributed by atoms with Crippen molar-refractivity contribution in [3.05, 3.63) is 58.9 Å². The molecule has 35 heavy (non-hydrogen) atoms. The number of hydrogen-bond donors (Lipinski definition) is 0. The molecule has 0 fully saturated rings. The van der Waals surface area contributed by atoms with Crippen molar-refractivity contribution in [1.82, 2.24) is 4.98 Å². The summed E-state index contributed by atoms with van der Waals surface area (Å²) in [4.78, 5) is 5.29. The van der Waals surface area contributed by atoms with E-state index in [2.05, 4.69) is 126 Å². The van der Waals surface area contributed by atoms with Crippen LogP contribution in [0.3, 0.4) is 0 Å². The average molecular weight is 516 g/mol. The van der Waals surface area contributed by atoms with Crippen LogP contribution in [0.4, 0.5) is 0 Å². The monoisotopic (exact) mass is 515 g/mol. The molecule has 0 aliphatic carbocycles. The molecule has 4 heteroatoms. The average Bonchev–Trinajstić information content (AvgIpc) is 2.66. The summed E-state index contributed by atoms with van der Waals surface area (Å²) in [6, 6.07) is 13.1. The molecular formula is C31H51NOP2. The van der Waals surface area contributed by atoms with Crippen molar-refractivity contribution in [3.8, 4) is 5.75 Å². The number of nitrogens with zero attached hydrogens (tertiary/aromatic N) is 1. The van der Waals surface area contributed by atoms with Crippen LogP contribution >= 0.6 is 15.8 Å². The van der Waals surface area contributed by atoms with Gasteiger partial charge in [0.25, 0.3) is 0 Å². The highest BCUT2D eigenvalue weighted by atomic mass is 31.1. The minimum atomic E-state index is -0.279. The van der Waals surface area contributed by atoms with Crippen molar-refractivity contribution in [1.29, 1.82) is 0 Å².